The molecule has 4 amide bonds. The maximum Gasteiger partial charge on any atom is 0.249 e. The van der Waals surface area contributed by atoms with Crippen molar-refractivity contribution in [3.8, 4) is 0 Å². The van der Waals surface area contributed by atoms with Gasteiger partial charge in [-0.2, -0.15) is 0 Å². The minimum atomic E-state index is -0.843. The van der Waals surface area contributed by atoms with E-state index in [9.17, 15) is 24.3 Å². The molecule has 4 heterocycles. The van der Waals surface area contributed by atoms with Gasteiger partial charge in [0.2, 0.25) is 23.6 Å². The number of aliphatic hydroxyl groups is 1. The summed E-state index contributed by atoms with van der Waals surface area (Å²) in [6.45, 7) is 10.7. The normalized spacial score (nSPS) is 36.6. The first-order chi connectivity index (χ1) is 27.8. The molecule has 8 rings (SSSR count). The summed E-state index contributed by atoms with van der Waals surface area (Å²) in [5, 5.41) is 12.6. The van der Waals surface area contributed by atoms with E-state index >= 15 is 0 Å². The molecule has 0 aromatic rings. The standard InChI is InChI=1S/C46H73N5O6/c1-2-38(31-6-4-3-5-7-31)43(32-8-13-36(52)14-9-32)33-10-15-37(16-11-33)57-29-28-48-22-20-34(21-23-48)49-24-26-50(27-25-49)35-12-17-39-40(30-35)46(56)51(45(39)55)41-18-19-42(53)47-44(41)54/h31-37,39-41,52H,2-30H2,1H3,(H,47,53,54)/b43-38-. The molecule has 4 unspecified atom stereocenters. The summed E-state index contributed by atoms with van der Waals surface area (Å²) in [6, 6.07) is 0.0800. The smallest absolute Gasteiger partial charge is 0.249 e. The molecule has 2 N–H and O–H groups in total. The highest BCUT2D eigenvalue weighted by molar-refractivity contribution is 6.10. The Morgan fingerprint density at radius 3 is 1.95 bits per heavy atom. The predicted molar refractivity (Wildman–Crippen MR) is 219 cm³/mol. The van der Waals surface area contributed by atoms with E-state index < -0.39 is 11.9 Å². The van der Waals surface area contributed by atoms with Crippen molar-refractivity contribution < 1.29 is 29.0 Å². The highest BCUT2D eigenvalue weighted by Gasteiger charge is 2.54. The topological polar surface area (TPSA) is 123 Å². The molecule has 57 heavy (non-hydrogen) atoms. The Hall–Kier alpha value is -2.18. The van der Waals surface area contributed by atoms with Gasteiger partial charge in [0.25, 0.3) is 0 Å². The second-order valence-electron chi connectivity index (χ2n) is 19.4. The summed E-state index contributed by atoms with van der Waals surface area (Å²) in [5.74, 6) is 0.285. The number of piperazine rings is 1. The molecule has 0 radical (unpaired) electrons. The van der Waals surface area contributed by atoms with Crippen LogP contribution in [0.3, 0.4) is 0 Å². The molecule has 0 bridgehead atoms. The van der Waals surface area contributed by atoms with Gasteiger partial charge in [0.05, 0.1) is 30.7 Å². The van der Waals surface area contributed by atoms with Crippen LogP contribution in [-0.4, -0.2) is 131 Å². The van der Waals surface area contributed by atoms with Crippen molar-refractivity contribution in [2.75, 3.05) is 52.4 Å². The molecule has 0 aromatic heterocycles. The minimum absolute atomic E-state index is 0.0873. The summed E-state index contributed by atoms with van der Waals surface area (Å²) >= 11 is 0. The number of nitrogens with zero attached hydrogens (tertiary/aromatic N) is 4. The Labute approximate surface area is 342 Å². The first-order valence-electron chi connectivity index (χ1n) is 23.7. The lowest BCUT2D eigenvalue weighted by atomic mass is 9.68. The molecule has 0 aromatic carbocycles. The number of rotatable bonds is 11. The van der Waals surface area contributed by atoms with Crippen LogP contribution in [0.1, 0.15) is 142 Å². The van der Waals surface area contributed by atoms with Gasteiger partial charge in [0.1, 0.15) is 6.04 Å². The number of carbonyl (C=O) groups is 4. The fraction of sp³-hybridized carbons (Fsp3) is 0.870. The summed E-state index contributed by atoms with van der Waals surface area (Å²) in [7, 11) is 0. The Bertz CT molecular complexity index is 1450. The SMILES string of the molecule is CC/C(=C(\C1CCC(O)CC1)C1CCC(OCCN2CCC(N3CCN(C4CCC5C(=O)N(C6CCC(=O)NC6=O)C(=O)C5C4)CC3)CC2)CC1)C1CCCCC1. The average Bonchev–Trinajstić information content (AvgIpc) is 3.49. The van der Waals surface area contributed by atoms with Crippen molar-refractivity contribution >= 4 is 23.6 Å². The van der Waals surface area contributed by atoms with E-state index in [0.717, 1.165) is 83.5 Å². The lowest BCUT2D eigenvalue weighted by molar-refractivity contribution is -0.151. The van der Waals surface area contributed by atoms with Crippen LogP contribution in [0.15, 0.2) is 11.1 Å². The number of carbonyl (C=O) groups excluding carboxylic acids is 4. The van der Waals surface area contributed by atoms with Crippen molar-refractivity contribution in [2.24, 2.45) is 29.6 Å². The third-order valence-electron chi connectivity index (χ3n) is 16.3. The monoisotopic (exact) mass is 792 g/mol. The Morgan fingerprint density at radius 2 is 1.30 bits per heavy atom. The van der Waals surface area contributed by atoms with Gasteiger partial charge in [-0.05, 0) is 140 Å². The molecule has 4 aliphatic heterocycles. The van der Waals surface area contributed by atoms with Crippen LogP contribution in [0.2, 0.25) is 0 Å². The zero-order valence-electron chi connectivity index (χ0n) is 35.1. The van der Waals surface area contributed by atoms with Crippen LogP contribution >= 0.6 is 0 Å². The van der Waals surface area contributed by atoms with Gasteiger partial charge >= 0.3 is 0 Å². The van der Waals surface area contributed by atoms with Gasteiger partial charge in [-0.25, -0.2) is 0 Å². The second-order valence-corrected chi connectivity index (χ2v) is 19.4. The Morgan fingerprint density at radius 1 is 0.667 bits per heavy atom. The lowest BCUT2D eigenvalue weighted by Gasteiger charge is -2.46. The number of hydrogen-bond acceptors (Lipinski definition) is 9. The van der Waals surface area contributed by atoms with Gasteiger partial charge in [-0.15, -0.1) is 0 Å². The minimum Gasteiger partial charge on any atom is -0.393 e. The maximum absolute atomic E-state index is 13.5. The summed E-state index contributed by atoms with van der Waals surface area (Å²) in [4.78, 5) is 60.0. The van der Waals surface area contributed by atoms with E-state index in [0.29, 0.717) is 36.9 Å². The summed E-state index contributed by atoms with van der Waals surface area (Å²) < 4.78 is 6.59. The molecule has 8 aliphatic rings. The van der Waals surface area contributed by atoms with E-state index in [1.165, 1.54) is 94.8 Å². The second kappa shape index (κ2) is 19.0. The number of nitrogens with one attached hydrogen (secondary N) is 1. The van der Waals surface area contributed by atoms with Gasteiger partial charge in [-0.3, -0.25) is 39.2 Å². The van der Waals surface area contributed by atoms with E-state index in [1.807, 2.05) is 11.1 Å². The summed E-state index contributed by atoms with van der Waals surface area (Å²) in [5.41, 5.74) is 3.68. The van der Waals surface area contributed by atoms with Crippen LogP contribution < -0.4 is 5.32 Å². The average molecular weight is 792 g/mol. The zero-order chi connectivity index (χ0) is 39.5. The molecular weight excluding hydrogens is 719 g/mol. The third kappa shape index (κ3) is 9.43. The van der Waals surface area contributed by atoms with Crippen molar-refractivity contribution in [1.29, 1.82) is 0 Å². The molecule has 0 spiro atoms. The number of aliphatic hydroxyl groups excluding tert-OH is 1. The molecule has 11 nitrogen and oxygen atoms in total. The van der Waals surface area contributed by atoms with Gasteiger partial charge in [0, 0.05) is 51.2 Å². The van der Waals surface area contributed by atoms with Crippen LogP contribution in [-0.2, 0) is 23.9 Å². The molecular formula is C46H73N5O6. The number of allylic oxidation sites excluding steroid dienone is 2. The lowest BCUT2D eigenvalue weighted by Crippen LogP contribution is -2.56. The quantitative estimate of drug-likeness (QED) is 0.208. The first kappa shape index (κ1) is 41.5. The van der Waals surface area contributed by atoms with Crippen molar-refractivity contribution in [3.05, 3.63) is 11.1 Å². The molecule has 4 saturated carbocycles. The number of fused-ring (bicyclic) bond motifs is 1. The van der Waals surface area contributed by atoms with E-state index in [2.05, 4.69) is 26.9 Å². The molecule has 4 aliphatic carbocycles. The number of ether oxygens (including phenoxy) is 1. The molecule has 8 fully saturated rings. The molecule has 11 heteroatoms. The van der Waals surface area contributed by atoms with Crippen LogP contribution in [0.4, 0.5) is 0 Å². The van der Waals surface area contributed by atoms with Crippen molar-refractivity contribution in [2.45, 2.75) is 172 Å². The van der Waals surface area contributed by atoms with E-state index in [-0.39, 0.29) is 48.5 Å². The number of amides is 4. The first-order valence-corrected chi connectivity index (χ1v) is 23.7. The van der Waals surface area contributed by atoms with Crippen LogP contribution in [0.25, 0.3) is 0 Å². The van der Waals surface area contributed by atoms with Crippen molar-refractivity contribution in [1.82, 2.24) is 24.9 Å². The van der Waals surface area contributed by atoms with Gasteiger partial charge < -0.3 is 14.7 Å². The Balaban J connectivity index is 0.739. The molecule has 4 atom stereocenters. The van der Waals surface area contributed by atoms with Crippen LogP contribution in [0, 0.1) is 29.6 Å². The van der Waals surface area contributed by atoms with Crippen LogP contribution in [0.5, 0.6) is 0 Å². The molecule has 4 saturated heterocycles. The zero-order valence-corrected chi connectivity index (χ0v) is 35.1. The maximum atomic E-state index is 13.5. The van der Waals surface area contributed by atoms with E-state index in [4.69, 9.17) is 4.74 Å². The number of piperidine rings is 2. The number of imide groups is 2. The number of hydrogen-bond donors (Lipinski definition) is 2. The Kier molecular flexibility index (Phi) is 13.9. The van der Waals surface area contributed by atoms with E-state index in [1.54, 1.807) is 0 Å². The fourth-order valence-electron chi connectivity index (χ4n) is 13.0. The number of likely N-dealkylation sites (tertiary alicyclic amines) is 2. The third-order valence-corrected chi connectivity index (χ3v) is 16.3. The van der Waals surface area contributed by atoms with Gasteiger partial charge in [0.15, 0.2) is 0 Å². The fourth-order valence-corrected chi connectivity index (χ4v) is 13.0. The predicted octanol–water partition coefficient (Wildman–Crippen LogP) is 5.44. The molecule has 318 valence electrons. The highest BCUT2D eigenvalue weighted by Crippen LogP contribution is 2.46. The van der Waals surface area contributed by atoms with Crippen molar-refractivity contribution in [3.63, 3.8) is 0 Å². The highest BCUT2D eigenvalue weighted by atomic mass is 16.5. The van der Waals surface area contributed by atoms with Gasteiger partial charge in [-0.1, -0.05) is 37.3 Å². The summed E-state index contributed by atoms with van der Waals surface area (Å²) in [6.07, 6.45) is 22.9. The largest absolute Gasteiger partial charge is 0.393 e.